The van der Waals surface area contributed by atoms with E-state index < -0.39 is 0 Å². The Bertz CT molecular complexity index is 8.00. The van der Waals surface area contributed by atoms with Crippen molar-refractivity contribution >= 4 is 63.2 Å². The van der Waals surface area contributed by atoms with Crippen LogP contribution in [0.2, 0.25) is 0 Å². The summed E-state index contributed by atoms with van der Waals surface area (Å²) in [6, 6.07) is 0. The fourth-order valence-electron chi connectivity index (χ4n) is 0. The quantitative estimate of drug-likeness (QED) is 0.401. The van der Waals surface area contributed by atoms with Gasteiger partial charge < -0.3 is 5.48 Å². The molecule has 0 rings (SSSR count). The van der Waals surface area contributed by atoms with E-state index in [0.29, 0.717) is 0 Å². The molecule has 0 radical (unpaired) electrons. The molecule has 0 atom stereocenters. The minimum atomic E-state index is 0. The molecule has 0 aromatic carbocycles. The summed E-state index contributed by atoms with van der Waals surface area (Å²) in [7, 11) is 0. The Labute approximate surface area is 68.0 Å². The van der Waals surface area contributed by atoms with E-state index in [0.717, 1.165) is 0 Å². The summed E-state index contributed by atoms with van der Waals surface area (Å²) in [6.07, 6.45) is 0. The zero-order valence-electron chi connectivity index (χ0n) is 0.500. The molecule has 0 aliphatic heterocycles. The number of hydrogen-bond acceptors (Lipinski definition) is 0. The van der Waals surface area contributed by atoms with E-state index in [1.807, 2.05) is 0 Å². The van der Waals surface area contributed by atoms with Gasteiger partial charge in [-0.25, -0.2) is 0 Å². The van der Waals surface area contributed by atoms with E-state index in [1.54, 1.807) is 0 Å². The van der Waals surface area contributed by atoms with E-state index in [-0.39, 0.29) is 68.7 Å². The molecule has 0 saturated carbocycles. The van der Waals surface area contributed by atoms with Crippen LogP contribution >= 0.6 is 0 Å². The first kappa shape index (κ1) is 37.3. The van der Waals surface area contributed by atoms with E-state index in [4.69, 9.17) is 0 Å². The molecular weight excluding hydrogens is 273 g/mol. The third-order valence-corrected chi connectivity index (χ3v) is 0. The molecule has 0 aromatic rings. The second kappa shape index (κ2) is 19.9. The molecule has 0 spiro atoms. The van der Waals surface area contributed by atoms with Crippen molar-refractivity contribution in [2.45, 2.75) is 0 Å². The fraction of sp³-hybridized carbons (Fsp3) is 0. The molecule has 4 heavy (non-hydrogen) atoms. The first-order valence-electron chi connectivity index (χ1n) is 0. The van der Waals surface area contributed by atoms with Gasteiger partial charge in [-0.3, -0.25) is 0 Å². The van der Waals surface area contributed by atoms with Gasteiger partial charge in [0.25, 0.3) is 0 Å². The van der Waals surface area contributed by atoms with E-state index >= 15 is 0 Å². The van der Waals surface area contributed by atoms with Crippen LogP contribution in [0.15, 0.2) is 0 Å². The Balaban J connectivity index is 0. The average Bonchev–Trinajstić information content (AvgIpc) is 0. The monoisotopic (exact) mass is 286 g/mol. The predicted molar refractivity (Wildman–Crippen MR) is 34.8 cm³/mol. The van der Waals surface area contributed by atoms with Gasteiger partial charge in [-0.05, 0) is 0 Å². The molecule has 0 heterocycles. The summed E-state index contributed by atoms with van der Waals surface area (Å²) in [5.74, 6) is 0. The van der Waals surface area contributed by atoms with Crippen molar-refractivity contribution in [3.8, 4) is 0 Å². The van der Waals surface area contributed by atoms with Crippen LogP contribution in [-0.2, 0) is 0 Å². The minimum absolute atomic E-state index is 0. The Morgan fingerprint density at radius 2 is 1.00 bits per heavy atom. The number of hydrogen-bond donors (Lipinski definition) is 0. The van der Waals surface area contributed by atoms with Gasteiger partial charge in [0, 0.05) is 0 Å². The zero-order valence-corrected chi connectivity index (χ0v) is 0.500. The summed E-state index contributed by atoms with van der Waals surface area (Å²) in [5, 5.41) is 0. The maximum atomic E-state index is 0. The summed E-state index contributed by atoms with van der Waals surface area (Å²) >= 11 is 0. The van der Waals surface area contributed by atoms with Gasteiger partial charge in [-0.15, -0.1) is 0 Å². The van der Waals surface area contributed by atoms with Crippen molar-refractivity contribution in [3.05, 3.63) is 0 Å². The predicted octanol–water partition coefficient (Wildman–Crippen LogP) is -4.64. The Hall–Kier alpha value is 2.01. The SMILES string of the molecule is O.[GaH3].[GeH4].[InH3]. The van der Waals surface area contributed by atoms with Crippen molar-refractivity contribution in [1.29, 1.82) is 0 Å². The van der Waals surface area contributed by atoms with Crippen LogP contribution in [0.3, 0.4) is 0 Å². The van der Waals surface area contributed by atoms with Gasteiger partial charge in [0.2, 0.25) is 0 Å². The van der Waals surface area contributed by atoms with E-state index in [2.05, 4.69) is 0 Å². The van der Waals surface area contributed by atoms with E-state index in [1.165, 1.54) is 0 Å². The van der Waals surface area contributed by atoms with Crippen molar-refractivity contribution in [3.63, 3.8) is 0 Å². The first-order chi connectivity index (χ1) is 0. The topological polar surface area (TPSA) is 31.5 Å². The van der Waals surface area contributed by atoms with Crippen molar-refractivity contribution in [2.24, 2.45) is 0 Å². The van der Waals surface area contributed by atoms with Crippen molar-refractivity contribution in [1.82, 2.24) is 0 Å². The molecule has 0 saturated heterocycles. The van der Waals surface area contributed by atoms with Gasteiger partial charge in [0.15, 0.2) is 0 Å². The van der Waals surface area contributed by atoms with E-state index in [9.17, 15) is 0 Å². The third-order valence-electron chi connectivity index (χ3n) is 0. The molecule has 0 unspecified atom stereocenters. The summed E-state index contributed by atoms with van der Waals surface area (Å²) in [5.41, 5.74) is 0. The van der Waals surface area contributed by atoms with Crippen molar-refractivity contribution in [2.75, 3.05) is 0 Å². The molecule has 0 aliphatic rings. The number of rotatable bonds is 0. The first-order valence-corrected chi connectivity index (χ1v) is 0. The van der Waals surface area contributed by atoms with Crippen LogP contribution in [0.25, 0.3) is 0 Å². The van der Waals surface area contributed by atoms with Crippen LogP contribution in [0.5, 0.6) is 0 Å². The standard InChI is InChI=1S/Ga.GeH4.In.H2O.6H/h;1H4;;1H2;;;;;;. The normalized spacial score (nSPS) is 0. The second-order valence-electron chi connectivity index (χ2n) is 0. The molecule has 2 N–H and O–H groups in total. The molecule has 0 amide bonds. The fourth-order valence-corrected chi connectivity index (χ4v) is 0. The molecule has 0 aromatic heterocycles. The van der Waals surface area contributed by atoms with Crippen LogP contribution in [0.1, 0.15) is 0 Å². The van der Waals surface area contributed by atoms with Crippen molar-refractivity contribution < 1.29 is 5.48 Å². The Morgan fingerprint density at radius 3 is 1.00 bits per heavy atom. The second-order valence-corrected chi connectivity index (χ2v) is 0. The third kappa shape index (κ3) is 8.99. The van der Waals surface area contributed by atoms with Crippen LogP contribution < -0.4 is 0 Å². The average molecular weight is 285 g/mol. The molecular formula is H12GaGeInO. The van der Waals surface area contributed by atoms with Gasteiger partial charge in [0.1, 0.15) is 0 Å². The molecule has 1 nitrogen and oxygen atoms in total. The summed E-state index contributed by atoms with van der Waals surface area (Å²) in [4.78, 5) is 0. The molecule has 0 fully saturated rings. The van der Waals surface area contributed by atoms with Gasteiger partial charge in [0.05, 0.1) is 0 Å². The molecule has 4 heteroatoms. The van der Waals surface area contributed by atoms with Crippen LogP contribution in [-0.4, -0.2) is 68.7 Å². The van der Waals surface area contributed by atoms with Gasteiger partial charge in [-0.1, -0.05) is 0 Å². The summed E-state index contributed by atoms with van der Waals surface area (Å²) < 4.78 is 0. The Morgan fingerprint density at radius 1 is 1.00 bits per heavy atom. The zero-order chi connectivity index (χ0) is 0. The summed E-state index contributed by atoms with van der Waals surface area (Å²) in [6.45, 7) is 0. The molecule has 28 valence electrons. The Kier molecular flexibility index (Phi) is 186. The van der Waals surface area contributed by atoms with Crippen LogP contribution in [0, 0.1) is 0 Å². The van der Waals surface area contributed by atoms with Crippen LogP contribution in [0.4, 0.5) is 0 Å². The molecule has 0 bridgehead atoms. The van der Waals surface area contributed by atoms with Gasteiger partial charge >= 0.3 is 63.2 Å². The maximum absolute atomic E-state index is 0. The molecule has 0 aliphatic carbocycles. The van der Waals surface area contributed by atoms with Gasteiger partial charge in [-0.2, -0.15) is 0 Å².